The molecule has 0 saturated carbocycles. The zero-order valence-electron chi connectivity index (χ0n) is 11.0. The number of nitrogens with one attached hydrogen (secondary N) is 1. The lowest BCUT2D eigenvalue weighted by molar-refractivity contribution is -0.116. The Morgan fingerprint density at radius 3 is 2.95 bits per heavy atom. The molecular formula is C16H16N2O2. The highest BCUT2D eigenvalue weighted by atomic mass is 16.3. The van der Waals surface area contributed by atoms with Crippen LogP contribution < -0.4 is 5.32 Å². The van der Waals surface area contributed by atoms with Crippen molar-refractivity contribution in [3.05, 3.63) is 66.0 Å². The number of carbonyl (C=O) groups excluding carboxylic acids is 1. The summed E-state index contributed by atoms with van der Waals surface area (Å²) in [5.41, 5.74) is 1.87. The quantitative estimate of drug-likeness (QED) is 0.817. The molecule has 2 N–H and O–H groups in total. The predicted octanol–water partition coefficient (Wildman–Crippen LogP) is 2.16. The Hall–Kier alpha value is -2.62. The molecule has 0 aliphatic carbocycles. The van der Waals surface area contributed by atoms with Gasteiger partial charge in [0.1, 0.15) is 5.75 Å². The second kappa shape index (κ2) is 7.09. The second-order valence-corrected chi connectivity index (χ2v) is 4.33. The molecule has 4 heteroatoms. The summed E-state index contributed by atoms with van der Waals surface area (Å²) < 4.78 is 0. The minimum atomic E-state index is -0.144. The lowest BCUT2D eigenvalue weighted by atomic mass is 10.1. The van der Waals surface area contributed by atoms with E-state index >= 15 is 0 Å². The van der Waals surface area contributed by atoms with Crippen LogP contribution in [0, 0.1) is 0 Å². The van der Waals surface area contributed by atoms with E-state index in [0.29, 0.717) is 13.0 Å². The summed E-state index contributed by atoms with van der Waals surface area (Å²) >= 11 is 0. The molecule has 0 unspecified atom stereocenters. The van der Waals surface area contributed by atoms with Gasteiger partial charge in [0.05, 0.1) is 0 Å². The molecule has 1 aromatic heterocycles. The molecule has 2 rings (SSSR count). The van der Waals surface area contributed by atoms with Crippen molar-refractivity contribution >= 4 is 12.0 Å². The molecule has 0 saturated heterocycles. The highest BCUT2D eigenvalue weighted by molar-refractivity contribution is 5.91. The first-order valence-corrected chi connectivity index (χ1v) is 6.38. The summed E-state index contributed by atoms with van der Waals surface area (Å²) in [5.74, 6) is 0.0966. The van der Waals surface area contributed by atoms with Crippen LogP contribution in [0.3, 0.4) is 0 Å². The number of rotatable bonds is 5. The number of aromatic hydroxyl groups is 1. The number of hydrogen-bond donors (Lipinski definition) is 2. The zero-order valence-corrected chi connectivity index (χ0v) is 11.0. The molecule has 0 fully saturated rings. The molecule has 102 valence electrons. The van der Waals surface area contributed by atoms with Crippen LogP contribution in [0.5, 0.6) is 5.75 Å². The monoisotopic (exact) mass is 268 g/mol. The van der Waals surface area contributed by atoms with Crippen molar-refractivity contribution < 1.29 is 9.90 Å². The minimum absolute atomic E-state index is 0.144. The van der Waals surface area contributed by atoms with E-state index in [2.05, 4.69) is 10.3 Å². The number of phenols is 1. The van der Waals surface area contributed by atoms with E-state index in [1.165, 1.54) is 6.08 Å². The fourth-order valence-electron chi connectivity index (χ4n) is 1.75. The summed E-state index contributed by atoms with van der Waals surface area (Å²) in [6.45, 7) is 0.527. The van der Waals surface area contributed by atoms with E-state index in [-0.39, 0.29) is 11.7 Å². The van der Waals surface area contributed by atoms with Crippen molar-refractivity contribution in [2.75, 3.05) is 6.54 Å². The van der Waals surface area contributed by atoms with E-state index in [9.17, 15) is 9.90 Å². The predicted molar refractivity (Wildman–Crippen MR) is 78.1 cm³/mol. The Labute approximate surface area is 117 Å². The number of amides is 1. The highest BCUT2D eigenvalue weighted by Crippen LogP contribution is 2.10. The number of carbonyl (C=O) groups is 1. The topological polar surface area (TPSA) is 62.2 Å². The number of pyridine rings is 1. The van der Waals surface area contributed by atoms with E-state index in [0.717, 1.165) is 11.1 Å². The first-order chi connectivity index (χ1) is 9.74. The number of phenolic OH excluding ortho intramolecular Hbond substituents is 1. The van der Waals surface area contributed by atoms with Crippen molar-refractivity contribution in [1.29, 1.82) is 0 Å². The first-order valence-electron chi connectivity index (χ1n) is 6.38. The van der Waals surface area contributed by atoms with Crippen molar-refractivity contribution in [3.63, 3.8) is 0 Å². The van der Waals surface area contributed by atoms with Gasteiger partial charge in [-0.2, -0.15) is 0 Å². The molecule has 0 bridgehead atoms. The summed E-state index contributed by atoms with van der Waals surface area (Å²) in [7, 11) is 0. The Morgan fingerprint density at radius 2 is 2.20 bits per heavy atom. The average molecular weight is 268 g/mol. The number of aromatic nitrogens is 1. The third-order valence-electron chi connectivity index (χ3n) is 2.74. The molecular weight excluding hydrogens is 252 g/mol. The number of benzene rings is 1. The van der Waals surface area contributed by atoms with Crippen molar-refractivity contribution in [1.82, 2.24) is 10.3 Å². The Morgan fingerprint density at radius 1 is 1.30 bits per heavy atom. The maximum absolute atomic E-state index is 11.6. The molecule has 1 amide bonds. The molecule has 1 heterocycles. The maximum Gasteiger partial charge on any atom is 0.244 e. The van der Waals surface area contributed by atoms with Gasteiger partial charge < -0.3 is 10.4 Å². The first kappa shape index (κ1) is 13.8. The van der Waals surface area contributed by atoms with Crippen LogP contribution in [0.1, 0.15) is 11.1 Å². The van der Waals surface area contributed by atoms with Crippen LogP contribution >= 0.6 is 0 Å². The van der Waals surface area contributed by atoms with Gasteiger partial charge in [-0.25, -0.2) is 0 Å². The molecule has 20 heavy (non-hydrogen) atoms. The van der Waals surface area contributed by atoms with E-state index in [4.69, 9.17) is 0 Å². The fraction of sp³-hybridized carbons (Fsp3) is 0.125. The van der Waals surface area contributed by atoms with E-state index in [1.807, 2.05) is 18.2 Å². The lowest BCUT2D eigenvalue weighted by Crippen LogP contribution is -2.23. The molecule has 0 radical (unpaired) electrons. The van der Waals surface area contributed by atoms with Gasteiger partial charge in [0.2, 0.25) is 5.91 Å². The molecule has 1 aromatic carbocycles. The standard InChI is InChI=1S/C16H16N2O2/c19-15-5-1-3-13(11-15)8-10-18-16(20)7-6-14-4-2-9-17-12-14/h1-7,9,11-12,19H,8,10H2,(H,18,20). The number of nitrogens with zero attached hydrogens (tertiary/aromatic N) is 1. The summed E-state index contributed by atoms with van der Waals surface area (Å²) in [6, 6.07) is 10.7. The van der Waals surface area contributed by atoms with Gasteiger partial charge in [-0.05, 0) is 41.8 Å². The van der Waals surface area contributed by atoms with Crippen LogP contribution in [0.2, 0.25) is 0 Å². The van der Waals surface area contributed by atoms with E-state index < -0.39 is 0 Å². The molecule has 2 aromatic rings. The maximum atomic E-state index is 11.6. The Bertz CT molecular complexity index is 594. The van der Waals surface area contributed by atoms with Gasteiger partial charge in [0.25, 0.3) is 0 Å². The summed E-state index contributed by atoms with van der Waals surface area (Å²) in [5, 5.41) is 12.1. The Kier molecular flexibility index (Phi) is 4.89. The molecule has 0 atom stereocenters. The molecule has 4 nitrogen and oxygen atoms in total. The zero-order chi connectivity index (χ0) is 14.2. The van der Waals surface area contributed by atoms with Crippen LogP contribution in [0.25, 0.3) is 6.08 Å². The van der Waals surface area contributed by atoms with Crippen LogP contribution in [-0.2, 0) is 11.2 Å². The molecule has 0 aliphatic heterocycles. The van der Waals surface area contributed by atoms with Crippen molar-refractivity contribution in [2.24, 2.45) is 0 Å². The number of hydrogen-bond acceptors (Lipinski definition) is 3. The normalized spacial score (nSPS) is 10.6. The van der Waals surface area contributed by atoms with Gasteiger partial charge in [-0.3, -0.25) is 9.78 Å². The Balaban J connectivity index is 1.77. The van der Waals surface area contributed by atoms with Crippen LogP contribution in [-0.4, -0.2) is 22.5 Å². The average Bonchev–Trinajstić information content (AvgIpc) is 2.46. The summed E-state index contributed by atoms with van der Waals surface area (Å²) in [4.78, 5) is 15.6. The van der Waals surface area contributed by atoms with E-state index in [1.54, 1.807) is 36.7 Å². The van der Waals surface area contributed by atoms with Gasteiger partial charge in [-0.15, -0.1) is 0 Å². The largest absolute Gasteiger partial charge is 0.508 e. The fourth-order valence-corrected chi connectivity index (χ4v) is 1.75. The van der Waals surface area contributed by atoms with Gasteiger partial charge in [-0.1, -0.05) is 18.2 Å². The second-order valence-electron chi connectivity index (χ2n) is 4.33. The highest BCUT2D eigenvalue weighted by Gasteiger charge is 1.97. The minimum Gasteiger partial charge on any atom is -0.508 e. The van der Waals surface area contributed by atoms with Crippen LogP contribution in [0.4, 0.5) is 0 Å². The van der Waals surface area contributed by atoms with Crippen molar-refractivity contribution in [3.8, 4) is 5.75 Å². The summed E-state index contributed by atoms with van der Waals surface area (Å²) in [6.07, 6.45) is 7.26. The molecule has 0 aliphatic rings. The third-order valence-corrected chi connectivity index (χ3v) is 2.74. The van der Waals surface area contributed by atoms with Gasteiger partial charge in [0.15, 0.2) is 0 Å². The SMILES string of the molecule is O=C(C=Cc1cccnc1)NCCc1cccc(O)c1. The van der Waals surface area contributed by atoms with Gasteiger partial charge in [0, 0.05) is 25.0 Å². The smallest absolute Gasteiger partial charge is 0.244 e. The van der Waals surface area contributed by atoms with Crippen LogP contribution in [0.15, 0.2) is 54.9 Å². The third kappa shape index (κ3) is 4.57. The van der Waals surface area contributed by atoms with Crippen molar-refractivity contribution in [2.45, 2.75) is 6.42 Å². The molecule has 0 spiro atoms. The lowest BCUT2D eigenvalue weighted by Gasteiger charge is -2.03. The van der Waals surface area contributed by atoms with Gasteiger partial charge >= 0.3 is 0 Å².